The standard InChI is InChI=1S/C16H14Br2F2O3/c1-21-7-9-11(17)3-5-13(15(9)19)23-14-6-4-12(18)10(8-22-2)16(14)20/h3-6H,7-8H2,1-2H3. The lowest BCUT2D eigenvalue weighted by molar-refractivity contribution is 0.179. The van der Waals surface area contributed by atoms with Crippen LogP contribution in [-0.2, 0) is 22.7 Å². The van der Waals surface area contributed by atoms with Gasteiger partial charge >= 0.3 is 0 Å². The molecule has 0 unspecified atom stereocenters. The maximum atomic E-state index is 14.5. The van der Waals surface area contributed by atoms with Crippen LogP contribution < -0.4 is 4.74 Å². The SMILES string of the molecule is COCc1c(Br)ccc(Oc2ccc(Br)c(COC)c2F)c1F. The van der Waals surface area contributed by atoms with E-state index in [1.807, 2.05) is 0 Å². The summed E-state index contributed by atoms with van der Waals surface area (Å²) in [6.45, 7) is 0.142. The van der Waals surface area contributed by atoms with Crippen LogP contribution in [0.15, 0.2) is 33.2 Å². The molecule has 0 aliphatic carbocycles. The number of hydrogen-bond donors (Lipinski definition) is 0. The van der Waals surface area contributed by atoms with Gasteiger partial charge in [0.15, 0.2) is 23.1 Å². The first-order chi connectivity index (χ1) is 11.0. The van der Waals surface area contributed by atoms with Gasteiger partial charge < -0.3 is 14.2 Å². The number of ether oxygens (including phenoxy) is 3. The summed E-state index contributed by atoms with van der Waals surface area (Å²) in [6, 6.07) is 6.10. The molecule has 0 aliphatic heterocycles. The number of methoxy groups -OCH3 is 2. The minimum Gasteiger partial charge on any atom is -0.451 e. The molecule has 0 amide bonds. The Hall–Kier alpha value is -1.02. The maximum absolute atomic E-state index is 14.5. The van der Waals surface area contributed by atoms with Crippen molar-refractivity contribution in [2.45, 2.75) is 13.2 Å². The first-order valence-electron chi connectivity index (χ1n) is 6.59. The summed E-state index contributed by atoms with van der Waals surface area (Å²) in [7, 11) is 2.93. The third-order valence-electron chi connectivity index (χ3n) is 3.10. The van der Waals surface area contributed by atoms with E-state index in [0.717, 1.165) is 0 Å². The molecule has 0 spiro atoms. The van der Waals surface area contributed by atoms with Gasteiger partial charge in [-0.15, -0.1) is 0 Å². The molecule has 0 saturated heterocycles. The lowest BCUT2D eigenvalue weighted by Gasteiger charge is -2.14. The molecule has 0 heterocycles. The van der Waals surface area contributed by atoms with Crippen molar-refractivity contribution < 1.29 is 23.0 Å². The second kappa shape index (κ2) is 8.19. The van der Waals surface area contributed by atoms with Crippen LogP contribution in [0, 0.1) is 11.6 Å². The molecule has 0 N–H and O–H groups in total. The summed E-state index contributed by atoms with van der Waals surface area (Å²) in [5.74, 6) is -1.36. The fraction of sp³-hybridized carbons (Fsp3) is 0.250. The van der Waals surface area contributed by atoms with E-state index in [0.29, 0.717) is 20.1 Å². The van der Waals surface area contributed by atoms with E-state index in [9.17, 15) is 8.78 Å². The van der Waals surface area contributed by atoms with Gasteiger partial charge in [-0.3, -0.25) is 0 Å². The second-order valence-electron chi connectivity index (χ2n) is 4.64. The van der Waals surface area contributed by atoms with Crippen molar-refractivity contribution in [1.82, 2.24) is 0 Å². The molecule has 0 radical (unpaired) electrons. The van der Waals surface area contributed by atoms with Crippen molar-refractivity contribution in [3.8, 4) is 11.5 Å². The smallest absolute Gasteiger partial charge is 0.172 e. The number of halogens is 4. The molecule has 7 heteroatoms. The largest absolute Gasteiger partial charge is 0.451 e. The Bertz CT molecular complexity index is 649. The van der Waals surface area contributed by atoms with E-state index < -0.39 is 11.6 Å². The molecule has 2 aromatic carbocycles. The van der Waals surface area contributed by atoms with E-state index in [2.05, 4.69) is 31.9 Å². The number of rotatable bonds is 6. The Kier molecular flexibility index (Phi) is 6.52. The molecule has 0 bridgehead atoms. The molecule has 0 atom stereocenters. The van der Waals surface area contributed by atoms with Gasteiger partial charge in [0.25, 0.3) is 0 Å². The van der Waals surface area contributed by atoms with Gasteiger partial charge in [0.2, 0.25) is 0 Å². The van der Waals surface area contributed by atoms with Crippen LogP contribution in [0.1, 0.15) is 11.1 Å². The zero-order valence-corrected chi connectivity index (χ0v) is 15.6. The Morgan fingerprint density at radius 2 is 1.17 bits per heavy atom. The summed E-state index contributed by atoms with van der Waals surface area (Å²) >= 11 is 6.50. The highest BCUT2D eigenvalue weighted by molar-refractivity contribution is 9.10. The van der Waals surface area contributed by atoms with Crippen LogP contribution in [0.3, 0.4) is 0 Å². The van der Waals surface area contributed by atoms with E-state index in [1.54, 1.807) is 12.1 Å². The van der Waals surface area contributed by atoms with Gasteiger partial charge in [0.05, 0.1) is 13.2 Å². The molecule has 124 valence electrons. The molecular formula is C16H14Br2F2O3. The quantitative estimate of drug-likeness (QED) is 0.574. The van der Waals surface area contributed by atoms with Gasteiger partial charge in [0, 0.05) is 34.3 Å². The highest BCUT2D eigenvalue weighted by Crippen LogP contribution is 2.35. The van der Waals surface area contributed by atoms with Gasteiger partial charge in [-0.2, -0.15) is 0 Å². The average Bonchev–Trinajstić information content (AvgIpc) is 2.53. The van der Waals surface area contributed by atoms with Crippen molar-refractivity contribution in [2.24, 2.45) is 0 Å². The molecule has 0 aromatic heterocycles. The fourth-order valence-electron chi connectivity index (χ4n) is 1.98. The van der Waals surface area contributed by atoms with Crippen molar-refractivity contribution in [2.75, 3.05) is 14.2 Å². The van der Waals surface area contributed by atoms with Crippen LogP contribution in [0.2, 0.25) is 0 Å². The van der Waals surface area contributed by atoms with E-state index in [4.69, 9.17) is 14.2 Å². The minimum atomic E-state index is -0.600. The first kappa shape index (κ1) is 18.3. The third kappa shape index (κ3) is 4.09. The van der Waals surface area contributed by atoms with Crippen LogP contribution in [-0.4, -0.2) is 14.2 Å². The van der Waals surface area contributed by atoms with E-state index in [1.165, 1.54) is 26.4 Å². The predicted octanol–water partition coefficient (Wildman–Crippen LogP) is 5.57. The molecule has 0 fully saturated rings. The van der Waals surface area contributed by atoms with Crippen molar-refractivity contribution >= 4 is 31.9 Å². The van der Waals surface area contributed by atoms with Crippen LogP contribution in [0.5, 0.6) is 11.5 Å². The highest BCUT2D eigenvalue weighted by atomic mass is 79.9. The van der Waals surface area contributed by atoms with Crippen molar-refractivity contribution in [3.63, 3.8) is 0 Å². The van der Waals surface area contributed by atoms with Gasteiger partial charge in [0.1, 0.15) is 0 Å². The van der Waals surface area contributed by atoms with E-state index >= 15 is 0 Å². The number of hydrogen-bond acceptors (Lipinski definition) is 3. The maximum Gasteiger partial charge on any atom is 0.172 e. The first-order valence-corrected chi connectivity index (χ1v) is 8.17. The Labute approximate surface area is 149 Å². The fourth-order valence-corrected chi connectivity index (χ4v) is 2.82. The highest BCUT2D eigenvalue weighted by Gasteiger charge is 2.18. The third-order valence-corrected chi connectivity index (χ3v) is 4.58. The van der Waals surface area contributed by atoms with Gasteiger partial charge in [-0.1, -0.05) is 31.9 Å². The molecular weight excluding hydrogens is 438 g/mol. The molecule has 0 saturated carbocycles. The Morgan fingerprint density at radius 1 is 0.783 bits per heavy atom. The topological polar surface area (TPSA) is 27.7 Å². The number of benzene rings is 2. The molecule has 2 rings (SSSR count). The predicted molar refractivity (Wildman–Crippen MR) is 89.7 cm³/mol. The lowest BCUT2D eigenvalue weighted by Crippen LogP contribution is -2.01. The monoisotopic (exact) mass is 450 g/mol. The van der Waals surface area contributed by atoms with Crippen LogP contribution >= 0.6 is 31.9 Å². The summed E-state index contributed by atoms with van der Waals surface area (Å²) in [5, 5.41) is 0. The second-order valence-corrected chi connectivity index (χ2v) is 6.35. The molecule has 3 nitrogen and oxygen atoms in total. The summed E-state index contributed by atoms with van der Waals surface area (Å²) < 4.78 is 45.4. The van der Waals surface area contributed by atoms with Crippen molar-refractivity contribution in [3.05, 3.63) is 56.0 Å². The zero-order chi connectivity index (χ0) is 17.0. The summed E-state index contributed by atoms with van der Waals surface area (Å²) in [4.78, 5) is 0. The van der Waals surface area contributed by atoms with Crippen molar-refractivity contribution in [1.29, 1.82) is 0 Å². The molecule has 0 aliphatic rings. The minimum absolute atomic E-state index is 0.0708. The summed E-state index contributed by atoms with van der Waals surface area (Å²) in [5.41, 5.74) is 0.610. The molecule has 23 heavy (non-hydrogen) atoms. The van der Waals surface area contributed by atoms with Gasteiger partial charge in [-0.25, -0.2) is 8.78 Å². The zero-order valence-electron chi connectivity index (χ0n) is 12.5. The summed E-state index contributed by atoms with van der Waals surface area (Å²) in [6.07, 6.45) is 0. The van der Waals surface area contributed by atoms with E-state index in [-0.39, 0.29) is 24.7 Å². The molecule has 2 aromatic rings. The average molecular weight is 452 g/mol. The Balaban J connectivity index is 2.40. The normalized spacial score (nSPS) is 10.9. The van der Waals surface area contributed by atoms with Crippen LogP contribution in [0.4, 0.5) is 8.78 Å². The van der Waals surface area contributed by atoms with Gasteiger partial charge in [-0.05, 0) is 24.3 Å². The Morgan fingerprint density at radius 3 is 1.52 bits per heavy atom. The lowest BCUT2D eigenvalue weighted by atomic mass is 10.2. The van der Waals surface area contributed by atoms with Crippen LogP contribution in [0.25, 0.3) is 0 Å².